The van der Waals surface area contributed by atoms with Crippen LogP contribution in [0.15, 0.2) is 47.0 Å². The van der Waals surface area contributed by atoms with E-state index >= 15 is 0 Å². The minimum Gasteiger partial charge on any atom is -0.360 e. The SMILES string of the molecule is CCc1onc(C)c1-c1cccc(C2CCN(C(=O)c3cccc(C)c3)CC2)n1. The number of likely N-dealkylation sites (tertiary alicyclic amines) is 1. The fourth-order valence-electron chi connectivity index (χ4n) is 4.14. The zero-order valence-corrected chi connectivity index (χ0v) is 17.3. The maximum absolute atomic E-state index is 12.8. The van der Waals surface area contributed by atoms with Crippen molar-refractivity contribution in [3.63, 3.8) is 0 Å². The van der Waals surface area contributed by atoms with Gasteiger partial charge in [0.2, 0.25) is 0 Å². The van der Waals surface area contributed by atoms with E-state index in [-0.39, 0.29) is 5.91 Å². The molecule has 150 valence electrons. The van der Waals surface area contributed by atoms with E-state index in [4.69, 9.17) is 9.51 Å². The Morgan fingerprint density at radius 1 is 1.14 bits per heavy atom. The predicted molar refractivity (Wildman–Crippen MR) is 113 cm³/mol. The van der Waals surface area contributed by atoms with Crippen molar-refractivity contribution in [2.45, 2.75) is 46.0 Å². The summed E-state index contributed by atoms with van der Waals surface area (Å²) in [5, 5.41) is 4.11. The number of hydrogen-bond donors (Lipinski definition) is 0. The number of benzene rings is 1. The minimum atomic E-state index is 0.126. The lowest BCUT2D eigenvalue weighted by atomic mass is 9.92. The Hall–Kier alpha value is -2.95. The van der Waals surface area contributed by atoms with Crippen LogP contribution in [-0.4, -0.2) is 34.0 Å². The van der Waals surface area contributed by atoms with Gasteiger partial charge >= 0.3 is 0 Å². The molecule has 0 saturated carbocycles. The lowest BCUT2D eigenvalue weighted by molar-refractivity contribution is 0.0712. The summed E-state index contributed by atoms with van der Waals surface area (Å²) in [5.41, 5.74) is 5.80. The number of rotatable bonds is 4. The first-order chi connectivity index (χ1) is 14.1. The number of pyridine rings is 1. The van der Waals surface area contributed by atoms with E-state index < -0.39 is 0 Å². The zero-order chi connectivity index (χ0) is 20.4. The Kier molecular flexibility index (Phi) is 5.47. The van der Waals surface area contributed by atoms with Crippen LogP contribution in [0.5, 0.6) is 0 Å². The standard InChI is InChI=1S/C24H27N3O2/c1-4-22-23(17(3)26-29-22)21-10-6-9-20(25-21)18-11-13-27(14-12-18)24(28)19-8-5-7-16(2)15-19/h5-10,15,18H,4,11-14H2,1-3H3. The smallest absolute Gasteiger partial charge is 0.253 e. The molecular formula is C24H27N3O2. The lowest BCUT2D eigenvalue weighted by Crippen LogP contribution is -2.38. The van der Waals surface area contributed by atoms with Crippen molar-refractivity contribution >= 4 is 5.91 Å². The van der Waals surface area contributed by atoms with Gasteiger partial charge in [-0.1, -0.05) is 35.8 Å². The van der Waals surface area contributed by atoms with E-state index in [0.717, 1.165) is 71.9 Å². The zero-order valence-electron chi connectivity index (χ0n) is 17.3. The summed E-state index contributed by atoms with van der Waals surface area (Å²) in [7, 11) is 0. The van der Waals surface area contributed by atoms with E-state index in [2.05, 4.69) is 24.2 Å². The molecule has 1 aliphatic rings. The Morgan fingerprint density at radius 3 is 2.62 bits per heavy atom. The number of amides is 1. The van der Waals surface area contributed by atoms with E-state index in [1.807, 2.05) is 49.1 Å². The first-order valence-electron chi connectivity index (χ1n) is 10.3. The summed E-state index contributed by atoms with van der Waals surface area (Å²) in [6.45, 7) is 7.56. The quantitative estimate of drug-likeness (QED) is 0.634. The molecule has 3 heterocycles. The number of nitrogens with zero attached hydrogens (tertiary/aromatic N) is 3. The fraction of sp³-hybridized carbons (Fsp3) is 0.375. The lowest BCUT2D eigenvalue weighted by Gasteiger charge is -2.32. The molecule has 1 aliphatic heterocycles. The second-order valence-electron chi connectivity index (χ2n) is 7.80. The van der Waals surface area contributed by atoms with Crippen LogP contribution >= 0.6 is 0 Å². The number of aryl methyl sites for hydroxylation is 3. The highest BCUT2D eigenvalue weighted by molar-refractivity contribution is 5.94. The van der Waals surface area contributed by atoms with E-state index in [1.54, 1.807) is 0 Å². The maximum atomic E-state index is 12.8. The fourth-order valence-corrected chi connectivity index (χ4v) is 4.14. The van der Waals surface area contributed by atoms with Crippen LogP contribution in [0, 0.1) is 13.8 Å². The summed E-state index contributed by atoms with van der Waals surface area (Å²) in [6, 6.07) is 14.0. The largest absolute Gasteiger partial charge is 0.360 e. The molecule has 0 atom stereocenters. The summed E-state index contributed by atoms with van der Waals surface area (Å²) < 4.78 is 5.44. The molecule has 1 amide bonds. The van der Waals surface area contributed by atoms with Crippen LogP contribution in [0.3, 0.4) is 0 Å². The molecule has 5 heteroatoms. The maximum Gasteiger partial charge on any atom is 0.253 e. The van der Waals surface area contributed by atoms with Gasteiger partial charge in [-0.15, -0.1) is 0 Å². The molecule has 4 rings (SSSR count). The first-order valence-corrected chi connectivity index (χ1v) is 10.3. The second-order valence-corrected chi connectivity index (χ2v) is 7.80. The Morgan fingerprint density at radius 2 is 1.90 bits per heavy atom. The highest BCUT2D eigenvalue weighted by Crippen LogP contribution is 2.31. The molecule has 0 unspecified atom stereocenters. The van der Waals surface area contributed by atoms with Gasteiger partial charge in [0.1, 0.15) is 5.76 Å². The van der Waals surface area contributed by atoms with Gasteiger partial charge in [0.25, 0.3) is 5.91 Å². The van der Waals surface area contributed by atoms with Crippen molar-refractivity contribution in [1.82, 2.24) is 15.0 Å². The topological polar surface area (TPSA) is 59.2 Å². The number of piperidine rings is 1. The van der Waals surface area contributed by atoms with Gasteiger partial charge in [-0.05, 0) is 51.0 Å². The molecular weight excluding hydrogens is 362 g/mol. The van der Waals surface area contributed by atoms with Crippen molar-refractivity contribution in [2.24, 2.45) is 0 Å². The summed E-state index contributed by atoms with van der Waals surface area (Å²) >= 11 is 0. The van der Waals surface area contributed by atoms with E-state index in [1.165, 1.54) is 0 Å². The van der Waals surface area contributed by atoms with Crippen LogP contribution in [0.2, 0.25) is 0 Å². The molecule has 1 aromatic carbocycles. The highest BCUT2D eigenvalue weighted by Gasteiger charge is 2.26. The van der Waals surface area contributed by atoms with Crippen LogP contribution in [0.4, 0.5) is 0 Å². The van der Waals surface area contributed by atoms with Gasteiger partial charge < -0.3 is 9.42 Å². The van der Waals surface area contributed by atoms with Crippen LogP contribution in [0.1, 0.15) is 58.8 Å². The molecule has 5 nitrogen and oxygen atoms in total. The third kappa shape index (κ3) is 3.95. The van der Waals surface area contributed by atoms with E-state index in [0.29, 0.717) is 5.92 Å². The predicted octanol–water partition coefficient (Wildman–Crippen LogP) is 4.94. The number of hydrogen-bond acceptors (Lipinski definition) is 4. The van der Waals surface area contributed by atoms with Gasteiger partial charge in [0.05, 0.1) is 17.0 Å². The number of carbonyl (C=O) groups excluding carboxylic acids is 1. The molecule has 0 radical (unpaired) electrons. The van der Waals surface area contributed by atoms with Gasteiger partial charge in [0, 0.05) is 36.7 Å². The van der Waals surface area contributed by atoms with Gasteiger partial charge in [-0.3, -0.25) is 9.78 Å². The molecule has 3 aromatic rings. The Balaban J connectivity index is 1.48. The van der Waals surface area contributed by atoms with Crippen LogP contribution in [-0.2, 0) is 6.42 Å². The normalized spacial score (nSPS) is 14.9. The first kappa shape index (κ1) is 19.4. The third-order valence-electron chi connectivity index (χ3n) is 5.75. The molecule has 29 heavy (non-hydrogen) atoms. The van der Waals surface area contributed by atoms with Crippen LogP contribution in [0.25, 0.3) is 11.3 Å². The van der Waals surface area contributed by atoms with Crippen molar-refractivity contribution in [3.05, 3.63) is 70.7 Å². The molecule has 0 bridgehead atoms. The van der Waals surface area contributed by atoms with Crippen molar-refractivity contribution < 1.29 is 9.32 Å². The van der Waals surface area contributed by atoms with Crippen LogP contribution < -0.4 is 0 Å². The molecule has 1 fully saturated rings. The third-order valence-corrected chi connectivity index (χ3v) is 5.75. The van der Waals surface area contributed by atoms with Crippen molar-refractivity contribution in [3.8, 4) is 11.3 Å². The molecule has 1 saturated heterocycles. The second kappa shape index (κ2) is 8.19. The monoisotopic (exact) mass is 389 g/mol. The Bertz CT molecular complexity index is 1020. The molecule has 0 N–H and O–H groups in total. The number of aromatic nitrogens is 2. The summed E-state index contributed by atoms with van der Waals surface area (Å²) in [4.78, 5) is 19.7. The highest BCUT2D eigenvalue weighted by atomic mass is 16.5. The molecule has 2 aromatic heterocycles. The number of carbonyl (C=O) groups is 1. The summed E-state index contributed by atoms with van der Waals surface area (Å²) in [6.07, 6.45) is 2.65. The molecule has 0 aliphatic carbocycles. The average Bonchev–Trinajstić information content (AvgIpc) is 3.14. The van der Waals surface area contributed by atoms with E-state index in [9.17, 15) is 4.79 Å². The Labute approximate surface area is 171 Å². The molecule has 0 spiro atoms. The van der Waals surface area contributed by atoms with Gasteiger partial charge in [-0.2, -0.15) is 0 Å². The minimum absolute atomic E-state index is 0.126. The van der Waals surface area contributed by atoms with Gasteiger partial charge in [0.15, 0.2) is 0 Å². The van der Waals surface area contributed by atoms with Crippen molar-refractivity contribution in [1.29, 1.82) is 0 Å². The average molecular weight is 389 g/mol. The summed E-state index contributed by atoms with van der Waals surface area (Å²) in [5.74, 6) is 1.37. The van der Waals surface area contributed by atoms with Crippen molar-refractivity contribution in [2.75, 3.05) is 13.1 Å². The van der Waals surface area contributed by atoms with Gasteiger partial charge in [-0.25, -0.2) is 0 Å².